The van der Waals surface area contributed by atoms with E-state index in [-0.39, 0.29) is 10.6 Å². The fourth-order valence-corrected chi connectivity index (χ4v) is 2.97. The Balaban J connectivity index is 3.15. The molecule has 1 rings (SSSR count). The molecule has 5 nitrogen and oxygen atoms in total. The van der Waals surface area contributed by atoms with Gasteiger partial charge in [0.15, 0.2) is 0 Å². The molecule has 1 aromatic carbocycles. The molecule has 6 heteroatoms. The SMILES string of the molecule is COc1ccccc1S(=O)(=O)NC(C)(C)C(C)O. The summed E-state index contributed by atoms with van der Waals surface area (Å²) in [6, 6.07) is 6.34. The Morgan fingerprint density at radius 3 is 2.39 bits per heavy atom. The second kappa shape index (κ2) is 5.26. The number of aliphatic hydroxyl groups is 1. The second-order valence-corrected chi connectivity index (χ2v) is 6.30. The van der Waals surface area contributed by atoms with Crippen LogP contribution >= 0.6 is 0 Å². The van der Waals surface area contributed by atoms with E-state index in [9.17, 15) is 13.5 Å². The van der Waals surface area contributed by atoms with Crippen LogP contribution in [0, 0.1) is 0 Å². The molecule has 0 saturated carbocycles. The molecule has 1 atom stereocenters. The number of ether oxygens (including phenoxy) is 1. The van der Waals surface area contributed by atoms with E-state index >= 15 is 0 Å². The maximum absolute atomic E-state index is 12.2. The minimum Gasteiger partial charge on any atom is -0.495 e. The van der Waals surface area contributed by atoms with Gasteiger partial charge in [-0.1, -0.05) is 12.1 Å². The topological polar surface area (TPSA) is 75.6 Å². The Morgan fingerprint density at radius 2 is 1.89 bits per heavy atom. The number of sulfonamides is 1. The maximum Gasteiger partial charge on any atom is 0.244 e. The number of methoxy groups -OCH3 is 1. The molecule has 1 aromatic rings. The molecule has 0 fully saturated rings. The van der Waals surface area contributed by atoms with Crippen LogP contribution in [0.15, 0.2) is 29.2 Å². The molecule has 18 heavy (non-hydrogen) atoms. The molecule has 0 aliphatic carbocycles. The minimum atomic E-state index is -3.74. The number of benzene rings is 1. The van der Waals surface area contributed by atoms with Crippen molar-refractivity contribution in [1.29, 1.82) is 0 Å². The standard InChI is InChI=1S/C12H19NO4S/c1-9(14)12(2,3)13-18(15,16)11-8-6-5-7-10(11)17-4/h5-9,13-14H,1-4H3. The fourth-order valence-electron chi connectivity index (χ4n) is 1.33. The summed E-state index contributed by atoms with van der Waals surface area (Å²) in [5.41, 5.74) is -0.959. The predicted octanol–water partition coefficient (Wildman–Crippen LogP) is 1.13. The van der Waals surface area contributed by atoms with Crippen molar-refractivity contribution in [2.24, 2.45) is 0 Å². The number of nitrogens with one attached hydrogen (secondary N) is 1. The van der Waals surface area contributed by atoms with Gasteiger partial charge in [0.1, 0.15) is 10.6 Å². The summed E-state index contributed by atoms with van der Waals surface area (Å²) in [6.45, 7) is 4.76. The first kappa shape index (κ1) is 14.9. The zero-order chi connectivity index (χ0) is 14.0. The lowest BCUT2D eigenvalue weighted by molar-refractivity contribution is 0.111. The van der Waals surface area contributed by atoms with Crippen molar-refractivity contribution < 1.29 is 18.3 Å². The van der Waals surface area contributed by atoms with E-state index < -0.39 is 21.7 Å². The molecule has 0 amide bonds. The Labute approximate surface area is 108 Å². The van der Waals surface area contributed by atoms with Crippen molar-refractivity contribution in [3.05, 3.63) is 24.3 Å². The zero-order valence-corrected chi connectivity index (χ0v) is 11.8. The summed E-state index contributed by atoms with van der Waals surface area (Å²) < 4.78 is 31.9. The number of para-hydroxylation sites is 1. The average Bonchev–Trinajstić information content (AvgIpc) is 2.27. The normalized spacial score (nSPS) is 14.3. The number of rotatable bonds is 5. The largest absolute Gasteiger partial charge is 0.495 e. The molecule has 0 radical (unpaired) electrons. The van der Waals surface area contributed by atoms with Gasteiger partial charge in [0.2, 0.25) is 10.0 Å². The minimum absolute atomic E-state index is 0.0567. The third-order valence-electron chi connectivity index (χ3n) is 2.80. The molecule has 0 aliphatic rings. The second-order valence-electron chi connectivity index (χ2n) is 4.65. The first-order valence-electron chi connectivity index (χ1n) is 5.56. The first-order valence-corrected chi connectivity index (χ1v) is 7.04. The van der Waals surface area contributed by atoms with Crippen molar-refractivity contribution >= 4 is 10.0 Å². The Bertz CT molecular complexity index is 509. The molecule has 0 heterocycles. The highest BCUT2D eigenvalue weighted by atomic mass is 32.2. The third kappa shape index (κ3) is 3.22. The summed E-state index contributed by atoms with van der Waals surface area (Å²) in [5.74, 6) is 0.270. The van der Waals surface area contributed by atoms with Crippen molar-refractivity contribution in [3.63, 3.8) is 0 Å². The summed E-state index contributed by atoms with van der Waals surface area (Å²) in [5, 5.41) is 9.56. The van der Waals surface area contributed by atoms with Crippen LogP contribution in [-0.4, -0.2) is 32.3 Å². The average molecular weight is 273 g/mol. The lowest BCUT2D eigenvalue weighted by Crippen LogP contribution is -2.50. The number of hydrogen-bond donors (Lipinski definition) is 2. The van der Waals surface area contributed by atoms with Crippen molar-refractivity contribution in [2.45, 2.75) is 37.3 Å². The van der Waals surface area contributed by atoms with Crippen LogP contribution in [-0.2, 0) is 10.0 Å². The van der Waals surface area contributed by atoms with Gasteiger partial charge in [-0.25, -0.2) is 13.1 Å². The van der Waals surface area contributed by atoms with Gasteiger partial charge in [-0.3, -0.25) is 0 Å². The highest BCUT2D eigenvalue weighted by Crippen LogP contribution is 2.24. The lowest BCUT2D eigenvalue weighted by Gasteiger charge is -2.29. The van der Waals surface area contributed by atoms with Gasteiger partial charge in [-0.15, -0.1) is 0 Å². The molecule has 1 unspecified atom stereocenters. The van der Waals surface area contributed by atoms with Crippen molar-refractivity contribution in [3.8, 4) is 5.75 Å². The van der Waals surface area contributed by atoms with Gasteiger partial charge >= 0.3 is 0 Å². The van der Waals surface area contributed by atoms with Gasteiger partial charge in [0.05, 0.1) is 18.8 Å². The van der Waals surface area contributed by atoms with Crippen molar-refractivity contribution in [1.82, 2.24) is 4.72 Å². The van der Waals surface area contributed by atoms with Crippen LogP contribution < -0.4 is 9.46 Å². The molecule has 102 valence electrons. The quantitative estimate of drug-likeness (QED) is 0.843. The van der Waals surface area contributed by atoms with E-state index in [4.69, 9.17) is 4.74 Å². The van der Waals surface area contributed by atoms with Crippen LogP contribution in [0.3, 0.4) is 0 Å². The fraction of sp³-hybridized carbons (Fsp3) is 0.500. The highest BCUT2D eigenvalue weighted by molar-refractivity contribution is 7.89. The molecular weight excluding hydrogens is 254 g/mol. The molecule has 0 aliphatic heterocycles. The zero-order valence-electron chi connectivity index (χ0n) is 11.0. The van der Waals surface area contributed by atoms with Gasteiger partial charge in [0.25, 0.3) is 0 Å². The lowest BCUT2D eigenvalue weighted by atomic mass is 10.0. The molecule has 0 spiro atoms. The molecule has 2 N–H and O–H groups in total. The van der Waals surface area contributed by atoms with Gasteiger partial charge < -0.3 is 9.84 Å². The van der Waals surface area contributed by atoms with Crippen molar-refractivity contribution in [2.75, 3.05) is 7.11 Å². The predicted molar refractivity (Wildman–Crippen MR) is 69.1 cm³/mol. The van der Waals surface area contributed by atoms with Gasteiger partial charge in [-0.2, -0.15) is 0 Å². The Hall–Kier alpha value is -1.11. The number of hydrogen-bond acceptors (Lipinski definition) is 4. The number of aliphatic hydroxyl groups excluding tert-OH is 1. The van der Waals surface area contributed by atoms with Gasteiger partial charge in [0, 0.05) is 0 Å². The monoisotopic (exact) mass is 273 g/mol. The molecule has 0 bridgehead atoms. The van der Waals surface area contributed by atoms with E-state index in [2.05, 4.69) is 4.72 Å². The van der Waals surface area contributed by atoms with E-state index in [1.165, 1.54) is 20.1 Å². The van der Waals surface area contributed by atoms with Crippen LogP contribution in [0.4, 0.5) is 0 Å². The molecule has 0 saturated heterocycles. The summed E-state index contributed by atoms with van der Waals surface area (Å²) in [7, 11) is -2.33. The van der Waals surface area contributed by atoms with E-state index in [1.54, 1.807) is 32.0 Å². The highest BCUT2D eigenvalue weighted by Gasteiger charge is 2.31. The Morgan fingerprint density at radius 1 is 1.33 bits per heavy atom. The van der Waals surface area contributed by atoms with E-state index in [0.29, 0.717) is 0 Å². The van der Waals surface area contributed by atoms with E-state index in [0.717, 1.165) is 0 Å². The van der Waals surface area contributed by atoms with Crippen LogP contribution in [0.1, 0.15) is 20.8 Å². The van der Waals surface area contributed by atoms with Gasteiger partial charge in [-0.05, 0) is 32.9 Å². The van der Waals surface area contributed by atoms with Crippen LogP contribution in [0.2, 0.25) is 0 Å². The summed E-state index contributed by atoms with van der Waals surface area (Å²) >= 11 is 0. The summed E-state index contributed by atoms with van der Waals surface area (Å²) in [4.78, 5) is 0.0567. The van der Waals surface area contributed by atoms with Crippen LogP contribution in [0.25, 0.3) is 0 Å². The van der Waals surface area contributed by atoms with E-state index in [1.807, 2.05) is 0 Å². The maximum atomic E-state index is 12.2. The Kier molecular flexibility index (Phi) is 4.37. The molecule has 0 aromatic heterocycles. The smallest absolute Gasteiger partial charge is 0.244 e. The third-order valence-corrected chi connectivity index (χ3v) is 4.51. The summed E-state index contributed by atoms with van der Waals surface area (Å²) in [6.07, 6.45) is -0.818. The molecular formula is C12H19NO4S. The first-order chi connectivity index (χ1) is 8.20. The van der Waals surface area contributed by atoms with Crippen LogP contribution in [0.5, 0.6) is 5.75 Å².